The molecule has 0 spiro atoms. The van der Waals surface area contributed by atoms with Gasteiger partial charge in [0, 0.05) is 17.1 Å². The molecule has 3 rings (SSSR count). The highest BCUT2D eigenvalue weighted by Gasteiger charge is 2.14. The number of nitrogens with zero attached hydrogens (tertiary/aromatic N) is 1. The minimum atomic E-state index is -0.395. The van der Waals surface area contributed by atoms with Gasteiger partial charge in [0.25, 0.3) is 5.91 Å². The molecule has 0 unspecified atom stereocenters. The van der Waals surface area contributed by atoms with Crippen LogP contribution < -0.4 is 5.32 Å². The molecule has 1 N–H and O–H groups in total. The number of hydrogen-bond acceptors (Lipinski definition) is 2. The summed E-state index contributed by atoms with van der Waals surface area (Å²) < 4.78 is 13.2. The van der Waals surface area contributed by atoms with E-state index in [1.54, 1.807) is 12.1 Å². The van der Waals surface area contributed by atoms with Crippen LogP contribution in [-0.4, -0.2) is 10.9 Å². The van der Waals surface area contributed by atoms with Crippen LogP contribution in [0.5, 0.6) is 0 Å². The van der Waals surface area contributed by atoms with Crippen molar-refractivity contribution in [2.45, 2.75) is 13.8 Å². The van der Waals surface area contributed by atoms with Gasteiger partial charge >= 0.3 is 0 Å². The summed E-state index contributed by atoms with van der Waals surface area (Å²) in [5, 5.41) is 3.55. The minimum Gasteiger partial charge on any atom is -0.322 e. The molecule has 23 heavy (non-hydrogen) atoms. The summed E-state index contributed by atoms with van der Waals surface area (Å²) in [6.45, 7) is 3.87. The molecule has 0 radical (unpaired) electrons. The first-order chi connectivity index (χ1) is 10.9. The highest BCUT2D eigenvalue weighted by Crippen LogP contribution is 2.23. The number of rotatable bonds is 2. The van der Waals surface area contributed by atoms with Crippen molar-refractivity contribution in [3.63, 3.8) is 0 Å². The van der Waals surface area contributed by atoms with E-state index in [4.69, 9.17) is 11.6 Å². The van der Waals surface area contributed by atoms with Crippen molar-refractivity contribution in [1.29, 1.82) is 0 Å². The molecule has 1 amide bonds. The molecule has 1 heterocycles. The molecular formula is C18H14ClFN2O. The molecular weight excluding hydrogens is 315 g/mol. The number of aromatic nitrogens is 1. The van der Waals surface area contributed by atoms with Crippen LogP contribution in [0.25, 0.3) is 10.9 Å². The first-order valence-corrected chi connectivity index (χ1v) is 7.46. The van der Waals surface area contributed by atoms with Crippen molar-refractivity contribution >= 4 is 34.1 Å². The van der Waals surface area contributed by atoms with Gasteiger partial charge in [0.2, 0.25) is 0 Å². The topological polar surface area (TPSA) is 42.0 Å². The Hall–Kier alpha value is -2.46. The molecule has 5 heteroatoms. The average Bonchev–Trinajstić information content (AvgIpc) is 2.50. The molecule has 1 aromatic heterocycles. The molecule has 2 aromatic carbocycles. The molecule has 116 valence electrons. The molecule has 0 aliphatic heterocycles. The van der Waals surface area contributed by atoms with Crippen LogP contribution in [0.3, 0.4) is 0 Å². The predicted octanol–water partition coefficient (Wildman–Crippen LogP) is 4.90. The average molecular weight is 329 g/mol. The maximum absolute atomic E-state index is 13.2. The number of fused-ring (bicyclic) bond motifs is 1. The normalized spacial score (nSPS) is 10.8. The van der Waals surface area contributed by atoms with Gasteiger partial charge in [-0.2, -0.15) is 0 Å². The van der Waals surface area contributed by atoms with E-state index in [1.165, 1.54) is 12.1 Å². The van der Waals surface area contributed by atoms with E-state index in [1.807, 2.05) is 32.0 Å². The van der Waals surface area contributed by atoms with E-state index >= 15 is 0 Å². The third kappa shape index (κ3) is 3.17. The third-order valence-electron chi connectivity index (χ3n) is 3.62. The Morgan fingerprint density at radius 3 is 2.70 bits per heavy atom. The van der Waals surface area contributed by atoms with Crippen LogP contribution in [0.4, 0.5) is 10.1 Å². The highest BCUT2D eigenvalue weighted by atomic mass is 35.5. The number of hydrogen-bond donors (Lipinski definition) is 1. The molecule has 3 nitrogen and oxygen atoms in total. The number of pyridine rings is 1. The zero-order chi connectivity index (χ0) is 16.6. The number of aryl methyl sites for hydroxylation is 2. The summed E-state index contributed by atoms with van der Waals surface area (Å²) in [5.41, 5.74) is 3.40. The smallest absolute Gasteiger partial charge is 0.258 e. The minimum absolute atomic E-state index is 0.0471. The Labute approximate surface area is 138 Å². The van der Waals surface area contributed by atoms with Crippen LogP contribution in [-0.2, 0) is 0 Å². The van der Waals surface area contributed by atoms with Crippen molar-refractivity contribution in [3.05, 3.63) is 70.1 Å². The van der Waals surface area contributed by atoms with Crippen LogP contribution in [0.1, 0.15) is 21.5 Å². The van der Waals surface area contributed by atoms with Gasteiger partial charge in [-0.05, 0) is 49.2 Å². The lowest BCUT2D eigenvalue weighted by Crippen LogP contribution is -2.14. The number of carbonyl (C=O) groups is 1. The Morgan fingerprint density at radius 2 is 1.91 bits per heavy atom. The van der Waals surface area contributed by atoms with Crippen molar-refractivity contribution < 1.29 is 9.18 Å². The van der Waals surface area contributed by atoms with E-state index in [0.29, 0.717) is 10.9 Å². The Balaban J connectivity index is 1.99. The zero-order valence-electron chi connectivity index (χ0n) is 12.7. The fourth-order valence-electron chi connectivity index (χ4n) is 2.34. The van der Waals surface area contributed by atoms with Gasteiger partial charge in [-0.15, -0.1) is 0 Å². The van der Waals surface area contributed by atoms with Crippen LogP contribution in [0.15, 0.2) is 42.5 Å². The number of nitrogens with one attached hydrogen (secondary N) is 1. The highest BCUT2D eigenvalue weighted by molar-refractivity contribution is 6.33. The van der Waals surface area contributed by atoms with Crippen molar-refractivity contribution in [3.8, 4) is 0 Å². The number of halogens is 2. The van der Waals surface area contributed by atoms with Gasteiger partial charge in [-0.1, -0.05) is 23.7 Å². The Morgan fingerprint density at radius 1 is 1.13 bits per heavy atom. The molecule has 0 saturated carbocycles. The van der Waals surface area contributed by atoms with E-state index in [2.05, 4.69) is 10.3 Å². The van der Waals surface area contributed by atoms with Gasteiger partial charge in [-0.3, -0.25) is 4.79 Å². The van der Waals surface area contributed by atoms with Crippen molar-refractivity contribution in [2.24, 2.45) is 0 Å². The molecule has 0 saturated heterocycles. The lowest BCUT2D eigenvalue weighted by Gasteiger charge is -2.11. The lowest BCUT2D eigenvalue weighted by atomic mass is 10.1. The van der Waals surface area contributed by atoms with Crippen LogP contribution in [0.2, 0.25) is 5.15 Å². The lowest BCUT2D eigenvalue weighted by molar-refractivity contribution is 0.102. The summed E-state index contributed by atoms with van der Waals surface area (Å²) >= 11 is 6.09. The quantitative estimate of drug-likeness (QED) is 0.680. The molecule has 3 aromatic rings. The fourth-order valence-corrected chi connectivity index (χ4v) is 2.57. The number of carbonyl (C=O) groups excluding carboxylic acids is 1. The second kappa shape index (κ2) is 5.97. The second-order valence-electron chi connectivity index (χ2n) is 5.44. The summed E-state index contributed by atoms with van der Waals surface area (Å²) in [6, 6.07) is 11.6. The van der Waals surface area contributed by atoms with Crippen LogP contribution >= 0.6 is 11.6 Å². The molecule has 0 atom stereocenters. The largest absolute Gasteiger partial charge is 0.322 e. The van der Waals surface area contributed by atoms with E-state index in [-0.39, 0.29) is 16.6 Å². The summed E-state index contributed by atoms with van der Waals surface area (Å²) in [7, 11) is 0. The molecule has 0 bridgehead atoms. The van der Waals surface area contributed by atoms with Gasteiger partial charge < -0.3 is 5.32 Å². The summed E-state index contributed by atoms with van der Waals surface area (Å²) in [4.78, 5) is 16.6. The number of amides is 1. The van der Waals surface area contributed by atoms with E-state index in [9.17, 15) is 9.18 Å². The van der Waals surface area contributed by atoms with Crippen LogP contribution in [0, 0.1) is 19.7 Å². The summed E-state index contributed by atoms with van der Waals surface area (Å²) in [6.07, 6.45) is 0. The van der Waals surface area contributed by atoms with Gasteiger partial charge in [-0.25, -0.2) is 9.37 Å². The maximum Gasteiger partial charge on any atom is 0.258 e. The van der Waals surface area contributed by atoms with Crippen molar-refractivity contribution in [1.82, 2.24) is 4.98 Å². The monoisotopic (exact) mass is 328 g/mol. The number of benzene rings is 2. The summed E-state index contributed by atoms with van der Waals surface area (Å²) in [5.74, 6) is -0.740. The fraction of sp³-hybridized carbons (Fsp3) is 0.111. The van der Waals surface area contributed by atoms with Crippen molar-refractivity contribution in [2.75, 3.05) is 5.32 Å². The van der Waals surface area contributed by atoms with Gasteiger partial charge in [0.1, 0.15) is 11.0 Å². The van der Waals surface area contributed by atoms with E-state index < -0.39 is 5.82 Å². The molecule has 0 aliphatic rings. The maximum atomic E-state index is 13.2. The standard InChI is InChI=1S/C18H14ClFN2O/c1-10-3-4-11(2)15(7-10)22-18(23)14-8-12-5-6-13(20)9-16(12)21-17(14)19/h3-9H,1-2H3,(H,22,23). The number of anilines is 1. The van der Waals surface area contributed by atoms with E-state index in [0.717, 1.165) is 16.8 Å². The SMILES string of the molecule is Cc1ccc(C)c(NC(=O)c2cc3ccc(F)cc3nc2Cl)c1. The Bertz CT molecular complexity index is 924. The van der Waals surface area contributed by atoms with Gasteiger partial charge in [0.05, 0.1) is 11.1 Å². The zero-order valence-corrected chi connectivity index (χ0v) is 13.4. The first-order valence-electron chi connectivity index (χ1n) is 7.08. The first kappa shape index (κ1) is 15.4. The molecule has 0 fully saturated rings. The third-order valence-corrected chi connectivity index (χ3v) is 3.91. The predicted molar refractivity (Wildman–Crippen MR) is 90.6 cm³/mol. The Kier molecular flexibility index (Phi) is 4.01. The van der Waals surface area contributed by atoms with Gasteiger partial charge in [0.15, 0.2) is 0 Å². The second-order valence-corrected chi connectivity index (χ2v) is 5.79. The molecule has 0 aliphatic carbocycles.